The van der Waals surface area contributed by atoms with Crippen molar-refractivity contribution < 1.29 is 9.84 Å². The molecule has 3 aromatic rings. The van der Waals surface area contributed by atoms with E-state index in [-0.39, 0.29) is 11.8 Å². The van der Waals surface area contributed by atoms with Gasteiger partial charge in [0.25, 0.3) is 0 Å². The molecule has 0 saturated heterocycles. The summed E-state index contributed by atoms with van der Waals surface area (Å²) in [6, 6.07) is 13.3. The van der Waals surface area contributed by atoms with Gasteiger partial charge in [0.15, 0.2) is 11.5 Å². The summed E-state index contributed by atoms with van der Waals surface area (Å²) >= 11 is 0. The molecule has 1 aliphatic heterocycles. The van der Waals surface area contributed by atoms with Crippen LogP contribution in [0.3, 0.4) is 0 Å². The van der Waals surface area contributed by atoms with E-state index < -0.39 is 0 Å². The summed E-state index contributed by atoms with van der Waals surface area (Å²) in [6.07, 6.45) is 2.06. The molecule has 0 bridgehead atoms. The fraction of sp³-hybridized carbons (Fsp3) is 0.167. The van der Waals surface area contributed by atoms with Crippen molar-refractivity contribution in [1.82, 2.24) is 20.2 Å². The maximum Gasteiger partial charge on any atom is 0.248 e. The van der Waals surface area contributed by atoms with Gasteiger partial charge in [-0.15, -0.1) is 0 Å². The molecule has 2 aromatic carbocycles. The molecule has 0 aliphatic carbocycles. The fourth-order valence-electron chi connectivity index (χ4n) is 2.87. The van der Waals surface area contributed by atoms with Crippen molar-refractivity contribution in [2.75, 3.05) is 12.4 Å². The van der Waals surface area contributed by atoms with Gasteiger partial charge in [-0.1, -0.05) is 41.0 Å². The molecule has 4 rings (SSSR count). The first-order valence-electron chi connectivity index (χ1n) is 7.86. The van der Waals surface area contributed by atoms with Crippen LogP contribution in [-0.2, 0) is 0 Å². The van der Waals surface area contributed by atoms with Crippen molar-refractivity contribution >= 4 is 11.6 Å². The van der Waals surface area contributed by atoms with E-state index in [1.807, 2.05) is 6.07 Å². The molecule has 0 saturated carbocycles. The Labute approximate surface area is 144 Å². The van der Waals surface area contributed by atoms with Crippen LogP contribution in [0.25, 0.3) is 5.70 Å². The Kier molecular flexibility index (Phi) is 3.61. The van der Waals surface area contributed by atoms with E-state index in [2.05, 4.69) is 58.1 Å². The molecule has 7 nitrogen and oxygen atoms in total. The molecule has 7 heteroatoms. The van der Waals surface area contributed by atoms with Crippen LogP contribution < -0.4 is 10.1 Å². The lowest BCUT2D eigenvalue weighted by Gasteiger charge is -2.24. The summed E-state index contributed by atoms with van der Waals surface area (Å²) in [4.78, 5) is 0. The second-order valence-electron chi connectivity index (χ2n) is 5.89. The minimum absolute atomic E-state index is 0.0971. The Hall–Kier alpha value is -3.35. The highest BCUT2D eigenvalue weighted by Gasteiger charge is 2.25. The van der Waals surface area contributed by atoms with Gasteiger partial charge in [0, 0.05) is 5.70 Å². The molecule has 1 aromatic heterocycles. The number of aromatic nitrogens is 4. The van der Waals surface area contributed by atoms with Crippen molar-refractivity contribution in [3.05, 3.63) is 65.2 Å². The monoisotopic (exact) mass is 335 g/mol. The molecule has 2 N–H and O–H groups in total. The first-order chi connectivity index (χ1) is 12.2. The summed E-state index contributed by atoms with van der Waals surface area (Å²) in [5.74, 6) is 1.07. The Morgan fingerprint density at radius 3 is 2.72 bits per heavy atom. The fourth-order valence-corrected chi connectivity index (χ4v) is 2.87. The van der Waals surface area contributed by atoms with Crippen LogP contribution >= 0.6 is 0 Å². The summed E-state index contributed by atoms with van der Waals surface area (Å²) in [6.45, 7) is 2.05. The lowest BCUT2D eigenvalue weighted by Crippen LogP contribution is -2.20. The van der Waals surface area contributed by atoms with Crippen molar-refractivity contribution in [2.24, 2.45) is 0 Å². The lowest BCUT2D eigenvalue weighted by atomic mass is 10.0. The molecular formula is C18H17N5O2. The number of allylic oxidation sites excluding steroid dienone is 1. The van der Waals surface area contributed by atoms with Crippen molar-refractivity contribution in [2.45, 2.75) is 13.0 Å². The molecule has 25 heavy (non-hydrogen) atoms. The SMILES string of the molecule is COc1cc(C2C=C(c3ccc(C)cc3)Nc3nnnn32)ccc1O. The molecule has 126 valence electrons. The van der Waals surface area contributed by atoms with Crippen molar-refractivity contribution in [3.8, 4) is 11.5 Å². The Morgan fingerprint density at radius 1 is 1.16 bits per heavy atom. The van der Waals surface area contributed by atoms with Gasteiger partial charge in [-0.05, 0) is 46.7 Å². The Balaban J connectivity index is 1.81. The van der Waals surface area contributed by atoms with Gasteiger partial charge < -0.3 is 15.2 Å². The van der Waals surface area contributed by atoms with Crippen molar-refractivity contribution in [1.29, 1.82) is 0 Å². The summed E-state index contributed by atoms with van der Waals surface area (Å²) in [7, 11) is 1.53. The quantitative estimate of drug-likeness (QED) is 0.765. The Morgan fingerprint density at radius 2 is 1.96 bits per heavy atom. The third kappa shape index (κ3) is 2.69. The van der Waals surface area contributed by atoms with Crippen LogP contribution in [0.5, 0.6) is 11.5 Å². The number of tetrazole rings is 1. The van der Waals surface area contributed by atoms with Gasteiger partial charge in [0.2, 0.25) is 5.95 Å². The second kappa shape index (κ2) is 5.94. The smallest absolute Gasteiger partial charge is 0.248 e. The Bertz CT molecular complexity index is 946. The van der Waals surface area contributed by atoms with Crippen LogP contribution in [-0.4, -0.2) is 32.4 Å². The van der Waals surface area contributed by atoms with Gasteiger partial charge >= 0.3 is 0 Å². The van der Waals surface area contributed by atoms with Crippen LogP contribution in [0.1, 0.15) is 22.7 Å². The molecular weight excluding hydrogens is 318 g/mol. The number of phenolic OH excluding ortho intramolecular Hbond substituents is 1. The molecule has 2 heterocycles. The van der Waals surface area contributed by atoms with E-state index in [4.69, 9.17) is 4.74 Å². The largest absolute Gasteiger partial charge is 0.504 e. The van der Waals surface area contributed by atoms with E-state index in [1.54, 1.807) is 16.8 Å². The lowest BCUT2D eigenvalue weighted by molar-refractivity contribution is 0.372. The topological polar surface area (TPSA) is 85.1 Å². The molecule has 1 unspecified atom stereocenters. The zero-order chi connectivity index (χ0) is 17.4. The molecule has 0 radical (unpaired) electrons. The number of ether oxygens (including phenoxy) is 1. The standard InChI is InChI=1S/C18H17N5O2/c1-11-3-5-12(6-4-11)14-10-15(23-18(19-14)20-21-22-23)13-7-8-16(24)17(9-13)25-2/h3-10,15,24H,1-2H3,(H,19,20,22). The number of nitrogens with zero attached hydrogens (tertiary/aromatic N) is 4. The van der Waals surface area contributed by atoms with Gasteiger partial charge in [-0.25, -0.2) is 0 Å². The molecule has 0 amide bonds. The number of fused-ring (bicyclic) bond motifs is 1. The van der Waals surface area contributed by atoms with Crippen LogP contribution in [0.2, 0.25) is 0 Å². The number of aryl methyl sites for hydroxylation is 1. The third-order valence-electron chi connectivity index (χ3n) is 4.24. The van der Waals surface area contributed by atoms with E-state index in [1.165, 1.54) is 12.7 Å². The predicted octanol–water partition coefficient (Wildman–Crippen LogP) is 2.75. The highest BCUT2D eigenvalue weighted by molar-refractivity contribution is 5.77. The zero-order valence-electron chi connectivity index (χ0n) is 13.8. The van der Waals surface area contributed by atoms with Crippen molar-refractivity contribution in [3.63, 3.8) is 0 Å². The molecule has 0 fully saturated rings. The number of nitrogens with one attached hydrogen (secondary N) is 1. The van der Waals surface area contributed by atoms with Gasteiger partial charge in [0.1, 0.15) is 6.04 Å². The minimum atomic E-state index is -0.211. The number of methoxy groups -OCH3 is 1. The number of benzene rings is 2. The average Bonchev–Trinajstić information content (AvgIpc) is 3.10. The van der Waals surface area contributed by atoms with Gasteiger partial charge in [-0.2, -0.15) is 4.68 Å². The van der Waals surface area contributed by atoms with Crippen LogP contribution in [0, 0.1) is 6.92 Å². The normalized spacial score (nSPS) is 15.9. The maximum absolute atomic E-state index is 9.84. The predicted molar refractivity (Wildman–Crippen MR) is 93.4 cm³/mol. The number of phenols is 1. The van der Waals surface area contributed by atoms with Gasteiger partial charge in [-0.3, -0.25) is 0 Å². The minimum Gasteiger partial charge on any atom is -0.504 e. The zero-order valence-corrected chi connectivity index (χ0v) is 13.8. The summed E-state index contributed by atoms with van der Waals surface area (Å²) < 4.78 is 6.92. The van der Waals surface area contributed by atoms with E-state index >= 15 is 0 Å². The molecule has 0 spiro atoms. The van der Waals surface area contributed by atoms with E-state index in [0.717, 1.165) is 16.8 Å². The average molecular weight is 335 g/mol. The first-order valence-corrected chi connectivity index (χ1v) is 7.86. The molecule has 1 aliphatic rings. The second-order valence-corrected chi connectivity index (χ2v) is 5.89. The number of hydrogen-bond acceptors (Lipinski definition) is 6. The maximum atomic E-state index is 9.84. The summed E-state index contributed by atoms with van der Waals surface area (Å²) in [5.41, 5.74) is 4.09. The number of rotatable bonds is 3. The highest BCUT2D eigenvalue weighted by atomic mass is 16.5. The summed E-state index contributed by atoms with van der Waals surface area (Å²) in [5, 5.41) is 25.0. The van der Waals surface area contributed by atoms with Crippen LogP contribution in [0.4, 0.5) is 5.95 Å². The van der Waals surface area contributed by atoms with E-state index in [9.17, 15) is 5.11 Å². The number of anilines is 1. The number of aromatic hydroxyl groups is 1. The first kappa shape index (κ1) is 15.2. The third-order valence-corrected chi connectivity index (χ3v) is 4.24. The van der Waals surface area contributed by atoms with E-state index in [0.29, 0.717) is 11.7 Å². The highest BCUT2D eigenvalue weighted by Crippen LogP contribution is 2.35. The number of hydrogen-bond donors (Lipinski definition) is 2. The molecule has 1 atom stereocenters. The van der Waals surface area contributed by atoms with Gasteiger partial charge in [0.05, 0.1) is 7.11 Å². The van der Waals surface area contributed by atoms with Crippen LogP contribution in [0.15, 0.2) is 48.5 Å².